The Hall–Kier alpha value is -2.94. The molecule has 1 aliphatic rings. The Balaban J connectivity index is 1.75. The molecule has 1 N–H and O–H groups in total. The van der Waals surface area contributed by atoms with Crippen LogP contribution in [0.15, 0.2) is 30.6 Å². The predicted molar refractivity (Wildman–Crippen MR) is 101 cm³/mol. The Morgan fingerprint density at radius 1 is 1.19 bits per heavy atom. The van der Waals surface area contributed by atoms with Crippen molar-refractivity contribution in [2.24, 2.45) is 0 Å². The fraction of sp³-hybridized carbons (Fsp3) is 0.444. The van der Waals surface area contributed by atoms with Crippen LogP contribution in [0.4, 0.5) is 11.5 Å². The van der Waals surface area contributed by atoms with Crippen LogP contribution in [0.25, 0.3) is 0 Å². The molecule has 27 heavy (non-hydrogen) atoms. The summed E-state index contributed by atoms with van der Waals surface area (Å²) >= 11 is 0. The second-order valence-electron chi connectivity index (χ2n) is 6.22. The van der Waals surface area contributed by atoms with Gasteiger partial charge in [-0.1, -0.05) is 18.6 Å². The standard InChI is InChI=1S/C18H23N5O4/c1-26-14-7-3-4-8-15(14)27-18-16(23(24)25)17(20-13-21-18)19-9-12-22-10-5-2-6-11-22/h3-4,7-8,13H,2,5-6,9-12H2,1H3,(H,19,20,21). The molecule has 0 amide bonds. The zero-order valence-electron chi connectivity index (χ0n) is 15.3. The molecule has 3 rings (SSSR count). The lowest BCUT2D eigenvalue weighted by molar-refractivity contribution is -0.385. The van der Waals surface area contributed by atoms with Gasteiger partial charge < -0.3 is 19.7 Å². The van der Waals surface area contributed by atoms with Crippen molar-refractivity contribution < 1.29 is 14.4 Å². The molecule has 1 fully saturated rings. The Morgan fingerprint density at radius 2 is 1.93 bits per heavy atom. The van der Waals surface area contributed by atoms with Crippen molar-refractivity contribution in [3.8, 4) is 17.4 Å². The molecule has 144 valence electrons. The van der Waals surface area contributed by atoms with E-state index in [2.05, 4.69) is 20.2 Å². The summed E-state index contributed by atoms with van der Waals surface area (Å²) in [6.07, 6.45) is 4.92. The summed E-state index contributed by atoms with van der Waals surface area (Å²) in [5.41, 5.74) is -0.290. The molecular formula is C18H23N5O4. The Bertz CT molecular complexity index is 780. The fourth-order valence-electron chi connectivity index (χ4n) is 3.05. The van der Waals surface area contributed by atoms with Gasteiger partial charge in [0.15, 0.2) is 11.5 Å². The van der Waals surface area contributed by atoms with Gasteiger partial charge in [0.2, 0.25) is 5.82 Å². The SMILES string of the molecule is COc1ccccc1Oc1ncnc(NCCN2CCCCC2)c1[N+](=O)[O-]. The largest absolute Gasteiger partial charge is 0.493 e. The van der Waals surface area contributed by atoms with Crippen LogP contribution in [0.1, 0.15) is 19.3 Å². The van der Waals surface area contributed by atoms with E-state index in [-0.39, 0.29) is 17.4 Å². The summed E-state index contributed by atoms with van der Waals surface area (Å²) in [6, 6.07) is 6.91. The molecule has 0 bridgehead atoms. The molecule has 0 radical (unpaired) electrons. The van der Waals surface area contributed by atoms with Crippen LogP contribution < -0.4 is 14.8 Å². The minimum atomic E-state index is -0.534. The summed E-state index contributed by atoms with van der Waals surface area (Å²) in [7, 11) is 1.50. The molecule has 0 spiro atoms. The van der Waals surface area contributed by atoms with Crippen LogP contribution in [-0.2, 0) is 0 Å². The van der Waals surface area contributed by atoms with Crippen LogP contribution in [0.3, 0.4) is 0 Å². The number of nitro groups is 1. The van der Waals surface area contributed by atoms with E-state index in [1.54, 1.807) is 24.3 Å². The monoisotopic (exact) mass is 373 g/mol. The summed E-state index contributed by atoms with van der Waals surface area (Å²) in [5, 5.41) is 14.7. The molecule has 1 saturated heterocycles. The number of piperidine rings is 1. The second kappa shape index (κ2) is 9.13. The van der Waals surface area contributed by atoms with Gasteiger partial charge in [-0.3, -0.25) is 10.1 Å². The topological polar surface area (TPSA) is 103 Å². The van der Waals surface area contributed by atoms with Crippen LogP contribution >= 0.6 is 0 Å². The molecule has 9 nitrogen and oxygen atoms in total. The van der Waals surface area contributed by atoms with E-state index in [0.717, 1.165) is 19.6 Å². The molecule has 0 unspecified atom stereocenters. The highest BCUT2D eigenvalue weighted by molar-refractivity contribution is 5.62. The van der Waals surface area contributed by atoms with E-state index < -0.39 is 4.92 Å². The number of anilines is 1. The molecule has 1 aromatic heterocycles. The number of hydrogen-bond donors (Lipinski definition) is 1. The van der Waals surface area contributed by atoms with Crippen molar-refractivity contribution >= 4 is 11.5 Å². The number of ether oxygens (including phenoxy) is 2. The smallest absolute Gasteiger partial charge is 0.373 e. The van der Waals surface area contributed by atoms with E-state index in [1.165, 1.54) is 32.7 Å². The zero-order chi connectivity index (χ0) is 19.1. The van der Waals surface area contributed by atoms with Crippen molar-refractivity contribution in [2.45, 2.75) is 19.3 Å². The molecule has 1 aliphatic heterocycles. The van der Waals surface area contributed by atoms with Gasteiger partial charge in [-0.15, -0.1) is 0 Å². The first-order valence-corrected chi connectivity index (χ1v) is 8.95. The molecule has 2 aromatic rings. The van der Waals surface area contributed by atoms with E-state index >= 15 is 0 Å². The first kappa shape index (κ1) is 18.8. The van der Waals surface area contributed by atoms with Crippen LogP contribution in [-0.4, -0.2) is 53.1 Å². The Kier molecular flexibility index (Phi) is 6.37. The molecule has 2 heterocycles. The van der Waals surface area contributed by atoms with Gasteiger partial charge in [-0.2, -0.15) is 4.98 Å². The number of nitrogens with zero attached hydrogens (tertiary/aromatic N) is 4. The van der Waals surface area contributed by atoms with Crippen molar-refractivity contribution in [1.29, 1.82) is 0 Å². The minimum Gasteiger partial charge on any atom is -0.493 e. The number of para-hydroxylation sites is 2. The Labute approximate surface area is 157 Å². The average molecular weight is 373 g/mol. The lowest BCUT2D eigenvalue weighted by Gasteiger charge is -2.26. The van der Waals surface area contributed by atoms with Gasteiger partial charge in [0, 0.05) is 13.1 Å². The number of nitrogens with one attached hydrogen (secondary N) is 1. The average Bonchev–Trinajstić information content (AvgIpc) is 2.69. The first-order chi connectivity index (χ1) is 13.2. The van der Waals surface area contributed by atoms with Crippen LogP contribution in [0.5, 0.6) is 17.4 Å². The number of hydrogen-bond acceptors (Lipinski definition) is 8. The van der Waals surface area contributed by atoms with E-state index in [4.69, 9.17) is 9.47 Å². The molecule has 9 heteroatoms. The van der Waals surface area contributed by atoms with Crippen molar-refractivity contribution in [3.63, 3.8) is 0 Å². The maximum Gasteiger partial charge on any atom is 0.373 e. The Morgan fingerprint density at radius 3 is 2.63 bits per heavy atom. The van der Waals surface area contributed by atoms with Crippen molar-refractivity contribution in [2.75, 3.05) is 38.6 Å². The van der Waals surface area contributed by atoms with Crippen LogP contribution in [0, 0.1) is 10.1 Å². The first-order valence-electron chi connectivity index (χ1n) is 8.95. The third-order valence-electron chi connectivity index (χ3n) is 4.42. The maximum absolute atomic E-state index is 11.6. The second-order valence-corrected chi connectivity index (χ2v) is 6.22. The highest BCUT2D eigenvalue weighted by Crippen LogP contribution is 2.37. The number of methoxy groups -OCH3 is 1. The number of likely N-dealkylation sites (tertiary alicyclic amines) is 1. The number of benzene rings is 1. The molecule has 1 aromatic carbocycles. The zero-order valence-corrected chi connectivity index (χ0v) is 15.3. The molecule has 0 atom stereocenters. The van der Waals surface area contributed by atoms with Crippen LogP contribution in [0.2, 0.25) is 0 Å². The van der Waals surface area contributed by atoms with Gasteiger partial charge in [0.25, 0.3) is 0 Å². The predicted octanol–water partition coefficient (Wildman–Crippen LogP) is 3.08. The maximum atomic E-state index is 11.6. The van der Waals surface area contributed by atoms with E-state index in [9.17, 15) is 10.1 Å². The lowest BCUT2D eigenvalue weighted by Crippen LogP contribution is -2.33. The van der Waals surface area contributed by atoms with E-state index in [0.29, 0.717) is 18.0 Å². The van der Waals surface area contributed by atoms with Gasteiger partial charge in [0.05, 0.1) is 12.0 Å². The lowest BCUT2D eigenvalue weighted by atomic mass is 10.1. The summed E-state index contributed by atoms with van der Waals surface area (Å²) in [5.74, 6) is 0.836. The van der Waals surface area contributed by atoms with Crippen molar-refractivity contribution in [1.82, 2.24) is 14.9 Å². The molecule has 0 saturated carbocycles. The number of rotatable bonds is 8. The quantitative estimate of drug-likeness (QED) is 0.556. The molecular weight excluding hydrogens is 350 g/mol. The van der Waals surface area contributed by atoms with Gasteiger partial charge in [-0.25, -0.2) is 4.98 Å². The highest BCUT2D eigenvalue weighted by Gasteiger charge is 2.25. The van der Waals surface area contributed by atoms with Gasteiger partial charge in [0.1, 0.15) is 6.33 Å². The normalized spacial score (nSPS) is 14.6. The molecule has 0 aliphatic carbocycles. The fourth-order valence-corrected chi connectivity index (χ4v) is 3.05. The number of aromatic nitrogens is 2. The minimum absolute atomic E-state index is 0.125. The van der Waals surface area contributed by atoms with E-state index in [1.807, 2.05) is 0 Å². The van der Waals surface area contributed by atoms with Crippen molar-refractivity contribution in [3.05, 3.63) is 40.7 Å². The summed E-state index contributed by atoms with van der Waals surface area (Å²) in [6.45, 7) is 3.50. The highest BCUT2D eigenvalue weighted by atomic mass is 16.6. The van der Waals surface area contributed by atoms with Gasteiger partial charge >= 0.3 is 11.6 Å². The summed E-state index contributed by atoms with van der Waals surface area (Å²) < 4.78 is 10.9. The third kappa shape index (κ3) is 4.82. The summed E-state index contributed by atoms with van der Waals surface area (Å²) in [4.78, 5) is 21.4. The van der Waals surface area contributed by atoms with Gasteiger partial charge in [-0.05, 0) is 38.1 Å². The third-order valence-corrected chi connectivity index (χ3v) is 4.42.